The van der Waals surface area contributed by atoms with Gasteiger partial charge in [-0.05, 0) is 56.5 Å². The number of hydrogen-bond donors (Lipinski definition) is 1. The topological polar surface area (TPSA) is 35.2 Å². The molecule has 0 saturated carbocycles. The molecular weight excluding hydrogens is 230 g/mol. The predicted molar refractivity (Wildman–Crippen MR) is 73.6 cm³/mol. The fourth-order valence-corrected chi connectivity index (χ4v) is 3.44. The Morgan fingerprint density at radius 2 is 2.29 bits per heavy atom. The number of thioether (sulfide) groups is 1. The zero-order chi connectivity index (χ0) is 12.3. The van der Waals surface area contributed by atoms with E-state index in [2.05, 4.69) is 32.0 Å². The molecule has 0 radical (unpaired) electrons. The Labute approximate surface area is 108 Å². The van der Waals surface area contributed by atoms with E-state index in [1.807, 2.05) is 11.8 Å². The van der Waals surface area contributed by atoms with Crippen molar-refractivity contribution in [3.8, 4) is 0 Å². The summed E-state index contributed by atoms with van der Waals surface area (Å²) in [6.45, 7) is 5.97. The van der Waals surface area contributed by atoms with Crippen LogP contribution in [0.4, 0.5) is 0 Å². The minimum atomic E-state index is 0.379. The van der Waals surface area contributed by atoms with Gasteiger partial charge in [-0.2, -0.15) is 0 Å². The fraction of sp³-hybridized carbons (Fsp3) is 0.571. The standard InChI is InChI=1S/C14H21NOS/c1-10-9-13(4-3-12(10)5-7-15)17-14-6-8-16-11(14)2/h3-4,9,11,14H,5-8,15H2,1-2H3. The van der Waals surface area contributed by atoms with Crippen molar-refractivity contribution >= 4 is 11.8 Å². The molecule has 0 aliphatic carbocycles. The first kappa shape index (κ1) is 12.9. The molecule has 1 aromatic rings. The third kappa shape index (κ3) is 3.24. The van der Waals surface area contributed by atoms with E-state index in [4.69, 9.17) is 10.5 Å². The molecule has 2 nitrogen and oxygen atoms in total. The van der Waals surface area contributed by atoms with Crippen molar-refractivity contribution in [3.63, 3.8) is 0 Å². The van der Waals surface area contributed by atoms with Gasteiger partial charge in [0.15, 0.2) is 0 Å². The van der Waals surface area contributed by atoms with E-state index in [1.54, 1.807) is 0 Å². The molecule has 3 heteroatoms. The van der Waals surface area contributed by atoms with E-state index in [0.29, 0.717) is 11.4 Å². The minimum absolute atomic E-state index is 0.379. The summed E-state index contributed by atoms with van der Waals surface area (Å²) in [5.74, 6) is 0. The number of benzene rings is 1. The SMILES string of the molecule is Cc1cc(SC2CCOC2C)ccc1CCN. The Morgan fingerprint density at radius 3 is 2.88 bits per heavy atom. The number of hydrogen-bond acceptors (Lipinski definition) is 3. The van der Waals surface area contributed by atoms with Gasteiger partial charge in [0.05, 0.1) is 6.10 Å². The summed E-state index contributed by atoms with van der Waals surface area (Å²) < 4.78 is 5.59. The smallest absolute Gasteiger partial charge is 0.0669 e. The third-order valence-corrected chi connectivity index (χ3v) is 4.77. The van der Waals surface area contributed by atoms with E-state index >= 15 is 0 Å². The van der Waals surface area contributed by atoms with Crippen LogP contribution in [0.25, 0.3) is 0 Å². The van der Waals surface area contributed by atoms with E-state index in [-0.39, 0.29) is 0 Å². The minimum Gasteiger partial charge on any atom is -0.377 e. The second kappa shape index (κ2) is 5.89. The summed E-state index contributed by atoms with van der Waals surface area (Å²) in [5.41, 5.74) is 8.32. The maximum Gasteiger partial charge on any atom is 0.0669 e. The van der Waals surface area contributed by atoms with Crippen molar-refractivity contribution in [1.82, 2.24) is 0 Å². The van der Waals surface area contributed by atoms with Gasteiger partial charge in [-0.3, -0.25) is 0 Å². The number of rotatable bonds is 4. The number of ether oxygens (including phenoxy) is 1. The van der Waals surface area contributed by atoms with Gasteiger partial charge in [0.25, 0.3) is 0 Å². The Kier molecular flexibility index (Phi) is 4.48. The highest BCUT2D eigenvalue weighted by Gasteiger charge is 2.25. The van der Waals surface area contributed by atoms with Crippen molar-refractivity contribution in [2.45, 2.75) is 42.9 Å². The lowest BCUT2D eigenvalue weighted by molar-refractivity contribution is 0.127. The van der Waals surface area contributed by atoms with Gasteiger partial charge in [-0.15, -0.1) is 11.8 Å². The lowest BCUT2D eigenvalue weighted by Crippen LogP contribution is -2.13. The van der Waals surface area contributed by atoms with Crippen LogP contribution in [-0.4, -0.2) is 24.5 Å². The molecule has 0 spiro atoms. The molecule has 2 unspecified atom stereocenters. The van der Waals surface area contributed by atoms with Crippen LogP contribution in [0.1, 0.15) is 24.5 Å². The average Bonchev–Trinajstić information content (AvgIpc) is 2.69. The molecule has 0 bridgehead atoms. The summed E-state index contributed by atoms with van der Waals surface area (Å²) in [5, 5.41) is 0.606. The van der Waals surface area contributed by atoms with Gasteiger partial charge in [0.2, 0.25) is 0 Å². The first-order valence-corrected chi connectivity index (χ1v) is 7.16. The highest BCUT2D eigenvalue weighted by molar-refractivity contribution is 8.00. The zero-order valence-corrected chi connectivity index (χ0v) is 11.4. The molecule has 1 fully saturated rings. The molecule has 1 saturated heterocycles. The Hall–Kier alpha value is -0.510. The van der Waals surface area contributed by atoms with Crippen molar-refractivity contribution in [2.24, 2.45) is 5.73 Å². The van der Waals surface area contributed by atoms with Crippen molar-refractivity contribution < 1.29 is 4.74 Å². The highest BCUT2D eigenvalue weighted by atomic mass is 32.2. The van der Waals surface area contributed by atoms with Crippen LogP contribution in [0.3, 0.4) is 0 Å². The first-order valence-electron chi connectivity index (χ1n) is 6.28. The Bertz CT molecular complexity index is 380. The molecule has 1 aromatic carbocycles. The molecule has 94 valence electrons. The van der Waals surface area contributed by atoms with E-state index in [9.17, 15) is 0 Å². The fourth-order valence-electron chi connectivity index (χ4n) is 2.22. The maximum atomic E-state index is 5.60. The maximum absolute atomic E-state index is 5.60. The molecule has 0 amide bonds. The Morgan fingerprint density at radius 1 is 1.47 bits per heavy atom. The van der Waals surface area contributed by atoms with Crippen LogP contribution in [0, 0.1) is 6.92 Å². The van der Waals surface area contributed by atoms with Crippen LogP contribution in [0.15, 0.2) is 23.1 Å². The van der Waals surface area contributed by atoms with Crippen molar-refractivity contribution in [2.75, 3.05) is 13.2 Å². The highest BCUT2D eigenvalue weighted by Crippen LogP contribution is 2.33. The van der Waals surface area contributed by atoms with Crippen molar-refractivity contribution in [3.05, 3.63) is 29.3 Å². The summed E-state index contributed by atoms with van der Waals surface area (Å²) >= 11 is 1.94. The van der Waals surface area contributed by atoms with Gasteiger partial charge >= 0.3 is 0 Å². The number of nitrogens with two attached hydrogens (primary N) is 1. The van der Waals surface area contributed by atoms with Gasteiger partial charge < -0.3 is 10.5 Å². The molecule has 17 heavy (non-hydrogen) atoms. The lowest BCUT2D eigenvalue weighted by atomic mass is 10.1. The van der Waals surface area contributed by atoms with Crippen LogP contribution in [-0.2, 0) is 11.2 Å². The first-order chi connectivity index (χ1) is 8.20. The molecule has 2 rings (SSSR count). The zero-order valence-electron chi connectivity index (χ0n) is 10.6. The quantitative estimate of drug-likeness (QED) is 0.893. The van der Waals surface area contributed by atoms with E-state index in [1.165, 1.54) is 16.0 Å². The molecule has 1 heterocycles. The Balaban J connectivity index is 2.04. The lowest BCUT2D eigenvalue weighted by Gasteiger charge is -2.14. The molecule has 2 N–H and O–H groups in total. The normalized spacial score (nSPS) is 24.2. The van der Waals surface area contributed by atoms with Gasteiger partial charge in [-0.25, -0.2) is 0 Å². The molecular formula is C14H21NOS. The molecule has 0 aromatic heterocycles. The molecule has 1 aliphatic rings. The second-order valence-corrected chi connectivity index (χ2v) is 5.96. The number of aryl methyl sites for hydroxylation is 1. The summed E-state index contributed by atoms with van der Waals surface area (Å²) in [6, 6.07) is 6.71. The van der Waals surface area contributed by atoms with E-state index < -0.39 is 0 Å². The monoisotopic (exact) mass is 251 g/mol. The van der Waals surface area contributed by atoms with Crippen molar-refractivity contribution in [1.29, 1.82) is 0 Å². The summed E-state index contributed by atoms with van der Waals surface area (Å²) in [6.07, 6.45) is 2.51. The van der Waals surface area contributed by atoms with Gasteiger partial charge in [-0.1, -0.05) is 6.07 Å². The largest absolute Gasteiger partial charge is 0.377 e. The predicted octanol–water partition coefficient (Wildman–Crippen LogP) is 2.77. The second-order valence-electron chi connectivity index (χ2n) is 4.65. The summed E-state index contributed by atoms with van der Waals surface area (Å²) in [4.78, 5) is 1.35. The third-order valence-electron chi connectivity index (χ3n) is 3.32. The van der Waals surface area contributed by atoms with Crippen LogP contribution in [0.5, 0.6) is 0 Å². The van der Waals surface area contributed by atoms with Gasteiger partial charge in [0.1, 0.15) is 0 Å². The summed E-state index contributed by atoms with van der Waals surface area (Å²) in [7, 11) is 0. The average molecular weight is 251 g/mol. The van der Waals surface area contributed by atoms with Crippen LogP contribution < -0.4 is 5.73 Å². The van der Waals surface area contributed by atoms with Crippen LogP contribution in [0.2, 0.25) is 0 Å². The van der Waals surface area contributed by atoms with E-state index in [0.717, 1.165) is 26.0 Å². The van der Waals surface area contributed by atoms with Gasteiger partial charge in [0, 0.05) is 16.8 Å². The van der Waals surface area contributed by atoms with Crippen LogP contribution >= 0.6 is 11.8 Å². The molecule has 1 aliphatic heterocycles. The molecule has 2 atom stereocenters.